The van der Waals surface area contributed by atoms with Crippen LogP contribution in [0.4, 0.5) is 5.95 Å². The Morgan fingerprint density at radius 1 is 1.33 bits per heavy atom. The van der Waals surface area contributed by atoms with Crippen LogP contribution in [-0.4, -0.2) is 26.6 Å². The molecule has 0 saturated heterocycles. The monoisotopic (exact) mass is 289 g/mol. The minimum absolute atomic E-state index is 0.356. The van der Waals surface area contributed by atoms with Crippen LogP contribution in [0, 0.1) is 5.92 Å². The summed E-state index contributed by atoms with van der Waals surface area (Å²) in [6, 6.07) is 0.356. The molecule has 3 rings (SSSR count). The maximum absolute atomic E-state index is 6.19. The smallest absolute Gasteiger partial charge is 0.245 e. The summed E-state index contributed by atoms with van der Waals surface area (Å²) in [7, 11) is 1.59. The molecule has 2 heterocycles. The van der Waals surface area contributed by atoms with Gasteiger partial charge in [-0.15, -0.1) is 0 Å². The van der Waals surface area contributed by atoms with E-state index in [1.54, 1.807) is 7.11 Å². The number of rotatable bonds is 4. The van der Waals surface area contributed by atoms with Crippen molar-refractivity contribution in [3.8, 4) is 5.88 Å². The van der Waals surface area contributed by atoms with Crippen LogP contribution >= 0.6 is 0 Å². The van der Waals surface area contributed by atoms with Crippen molar-refractivity contribution in [2.24, 2.45) is 5.92 Å². The second-order valence-electron chi connectivity index (χ2n) is 5.77. The van der Waals surface area contributed by atoms with Crippen LogP contribution in [0.3, 0.4) is 0 Å². The van der Waals surface area contributed by atoms with Crippen LogP contribution < -0.4 is 10.5 Å². The number of hydrogen-bond donors (Lipinski definition) is 1. The number of nitrogen functional groups attached to an aromatic ring is 1. The number of nitrogens with two attached hydrogens (primary N) is 1. The second-order valence-corrected chi connectivity index (χ2v) is 5.77. The molecule has 6 heteroatoms. The average molecular weight is 289 g/mol. The van der Waals surface area contributed by atoms with Crippen molar-refractivity contribution in [1.29, 1.82) is 0 Å². The molecule has 0 radical (unpaired) electrons. The molecule has 114 valence electrons. The number of aromatic nitrogens is 4. The quantitative estimate of drug-likeness (QED) is 0.936. The SMILES string of the molecule is CCC(C1CCCCC1)n1c(N)nc2c(OC)ncnc21. The van der Waals surface area contributed by atoms with E-state index in [0.717, 1.165) is 12.1 Å². The third-order valence-electron chi connectivity index (χ3n) is 4.61. The molecule has 0 amide bonds. The minimum atomic E-state index is 0.356. The molecular weight excluding hydrogens is 266 g/mol. The van der Waals surface area contributed by atoms with E-state index in [1.165, 1.54) is 38.4 Å². The first kappa shape index (κ1) is 14.1. The van der Waals surface area contributed by atoms with Gasteiger partial charge in [0.1, 0.15) is 6.33 Å². The third kappa shape index (κ3) is 2.43. The molecule has 1 atom stereocenters. The van der Waals surface area contributed by atoms with Crippen LogP contribution in [0.5, 0.6) is 5.88 Å². The van der Waals surface area contributed by atoms with Crippen molar-refractivity contribution < 1.29 is 4.74 Å². The van der Waals surface area contributed by atoms with Crippen molar-refractivity contribution in [1.82, 2.24) is 19.5 Å². The Morgan fingerprint density at radius 3 is 2.76 bits per heavy atom. The zero-order valence-electron chi connectivity index (χ0n) is 12.7. The van der Waals surface area contributed by atoms with Gasteiger partial charge in [0.15, 0.2) is 11.2 Å². The topological polar surface area (TPSA) is 78.9 Å². The van der Waals surface area contributed by atoms with Crippen LogP contribution in [0.15, 0.2) is 6.33 Å². The Hall–Kier alpha value is -1.85. The predicted octanol–water partition coefficient (Wildman–Crippen LogP) is 2.95. The molecule has 0 spiro atoms. The number of fused-ring (bicyclic) bond motifs is 1. The first-order valence-corrected chi connectivity index (χ1v) is 7.78. The Morgan fingerprint density at radius 2 is 2.10 bits per heavy atom. The summed E-state index contributed by atoms with van der Waals surface area (Å²) >= 11 is 0. The number of anilines is 1. The van der Waals surface area contributed by atoms with Gasteiger partial charge in [-0.1, -0.05) is 26.2 Å². The van der Waals surface area contributed by atoms with Gasteiger partial charge in [0.05, 0.1) is 7.11 Å². The molecule has 1 unspecified atom stereocenters. The van der Waals surface area contributed by atoms with E-state index in [4.69, 9.17) is 10.5 Å². The summed E-state index contributed by atoms with van der Waals surface area (Å²) in [6.45, 7) is 2.21. The van der Waals surface area contributed by atoms with E-state index in [9.17, 15) is 0 Å². The van der Waals surface area contributed by atoms with Crippen molar-refractivity contribution in [2.45, 2.75) is 51.5 Å². The van der Waals surface area contributed by atoms with Crippen molar-refractivity contribution in [3.63, 3.8) is 0 Å². The van der Waals surface area contributed by atoms with E-state index >= 15 is 0 Å². The number of imidazole rings is 1. The highest BCUT2D eigenvalue weighted by Gasteiger charge is 2.28. The van der Waals surface area contributed by atoms with Crippen molar-refractivity contribution in [3.05, 3.63) is 6.33 Å². The van der Waals surface area contributed by atoms with Gasteiger partial charge in [0.25, 0.3) is 0 Å². The third-order valence-corrected chi connectivity index (χ3v) is 4.61. The number of methoxy groups -OCH3 is 1. The maximum Gasteiger partial charge on any atom is 0.245 e. The summed E-state index contributed by atoms with van der Waals surface area (Å²) in [4.78, 5) is 13.0. The van der Waals surface area contributed by atoms with Gasteiger partial charge in [0.2, 0.25) is 11.8 Å². The Labute approximate surface area is 124 Å². The van der Waals surface area contributed by atoms with E-state index in [1.807, 2.05) is 0 Å². The van der Waals surface area contributed by atoms with Crippen LogP contribution in [0.1, 0.15) is 51.5 Å². The van der Waals surface area contributed by atoms with Crippen LogP contribution in [0.25, 0.3) is 11.2 Å². The average Bonchev–Trinajstić information content (AvgIpc) is 2.86. The van der Waals surface area contributed by atoms with Gasteiger partial charge in [-0.05, 0) is 25.2 Å². The summed E-state index contributed by atoms with van der Waals surface area (Å²) in [6.07, 6.45) is 9.06. The fraction of sp³-hybridized carbons (Fsp3) is 0.667. The normalized spacial score (nSPS) is 18.0. The highest BCUT2D eigenvalue weighted by Crippen LogP contribution is 2.38. The highest BCUT2D eigenvalue weighted by atomic mass is 16.5. The number of hydrogen-bond acceptors (Lipinski definition) is 5. The molecule has 1 fully saturated rings. The lowest BCUT2D eigenvalue weighted by molar-refractivity contribution is 0.248. The van der Waals surface area contributed by atoms with Gasteiger partial charge >= 0.3 is 0 Å². The summed E-state index contributed by atoms with van der Waals surface area (Å²) in [5, 5.41) is 0. The van der Waals surface area contributed by atoms with Crippen LogP contribution in [0.2, 0.25) is 0 Å². The Balaban J connectivity index is 2.07. The highest BCUT2D eigenvalue weighted by molar-refractivity contribution is 5.79. The minimum Gasteiger partial charge on any atom is -0.479 e. The molecule has 1 aliphatic carbocycles. The zero-order chi connectivity index (χ0) is 14.8. The number of nitrogens with zero attached hydrogens (tertiary/aromatic N) is 4. The van der Waals surface area contributed by atoms with Crippen molar-refractivity contribution >= 4 is 17.1 Å². The molecule has 2 aromatic rings. The summed E-state index contributed by atoms with van der Waals surface area (Å²) in [5.74, 6) is 1.66. The summed E-state index contributed by atoms with van der Waals surface area (Å²) < 4.78 is 7.36. The predicted molar refractivity (Wildman–Crippen MR) is 82.2 cm³/mol. The molecule has 0 aliphatic heterocycles. The van der Waals surface area contributed by atoms with E-state index < -0.39 is 0 Å². The largest absolute Gasteiger partial charge is 0.479 e. The molecule has 1 saturated carbocycles. The van der Waals surface area contributed by atoms with Gasteiger partial charge in [-0.2, -0.15) is 4.98 Å². The Kier molecular flexibility index (Phi) is 3.94. The zero-order valence-corrected chi connectivity index (χ0v) is 12.7. The molecule has 0 aromatic carbocycles. The molecule has 2 aromatic heterocycles. The van der Waals surface area contributed by atoms with E-state index in [0.29, 0.717) is 29.3 Å². The number of ether oxygens (including phenoxy) is 1. The maximum atomic E-state index is 6.19. The van der Waals surface area contributed by atoms with E-state index in [-0.39, 0.29) is 0 Å². The molecule has 0 bridgehead atoms. The van der Waals surface area contributed by atoms with Gasteiger partial charge in [0, 0.05) is 6.04 Å². The molecular formula is C15H23N5O. The fourth-order valence-corrected chi connectivity index (χ4v) is 3.63. The van der Waals surface area contributed by atoms with Gasteiger partial charge in [-0.3, -0.25) is 4.57 Å². The standard InChI is InChI=1S/C15H23N5O/c1-3-11(10-7-5-4-6-8-10)20-13-12(19-15(20)16)14(21-2)18-9-17-13/h9-11H,3-8H2,1-2H3,(H2,16,19). The first-order chi connectivity index (χ1) is 10.3. The second kappa shape index (κ2) is 5.87. The lowest BCUT2D eigenvalue weighted by Gasteiger charge is -2.31. The fourth-order valence-electron chi connectivity index (χ4n) is 3.63. The summed E-state index contributed by atoms with van der Waals surface area (Å²) in [5.41, 5.74) is 7.64. The first-order valence-electron chi connectivity index (χ1n) is 7.78. The molecule has 21 heavy (non-hydrogen) atoms. The van der Waals surface area contributed by atoms with E-state index in [2.05, 4.69) is 26.4 Å². The lowest BCUT2D eigenvalue weighted by Crippen LogP contribution is -2.22. The van der Waals surface area contributed by atoms with Crippen LogP contribution in [-0.2, 0) is 0 Å². The lowest BCUT2D eigenvalue weighted by atomic mass is 9.83. The molecule has 2 N–H and O–H groups in total. The van der Waals surface area contributed by atoms with Gasteiger partial charge < -0.3 is 10.5 Å². The Bertz CT molecular complexity index is 618. The molecule has 1 aliphatic rings. The van der Waals surface area contributed by atoms with Crippen molar-refractivity contribution in [2.75, 3.05) is 12.8 Å². The van der Waals surface area contributed by atoms with Gasteiger partial charge in [-0.25, -0.2) is 9.97 Å². The molecule has 6 nitrogen and oxygen atoms in total.